The zero-order valence-corrected chi connectivity index (χ0v) is 25.0. The average Bonchev–Trinajstić information content (AvgIpc) is 3.04. The van der Waals surface area contributed by atoms with Crippen LogP contribution in [0.25, 0.3) is 11.1 Å². The van der Waals surface area contributed by atoms with Crippen molar-refractivity contribution in [2.45, 2.75) is 70.1 Å². The van der Waals surface area contributed by atoms with Crippen molar-refractivity contribution in [2.75, 3.05) is 5.32 Å². The highest BCUT2D eigenvalue weighted by atomic mass is 19.4. The zero-order valence-electron chi connectivity index (χ0n) is 25.0. The van der Waals surface area contributed by atoms with E-state index in [0.717, 1.165) is 23.2 Å². The van der Waals surface area contributed by atoms with E-state index in [9.17, 15) is 31.1 Å². The first-order valence-corrected chi connectivity index (χ1v) is 15.1. The van der Waals surface area contributed by atoms with E-state index in [2.05, 4.69) is 39.9 Å². The topological polar surface area (TPSA) is 57.3 Å². The molecule has 2 N–H and O–H groups in total. The number of aromatic nitrogens is 1. The van der Waals surface area contributed by atoms with Crippen LogP contribution in [0.4, 0.5) is 36.8 Å². The Kier molecular flexibility index (Phi) is 10.3. The number of hydrogen-bond acceptors (Lipinski definition) is 3. The van der Waals surface area contributed by atoms with Gasteiger partial charge in [0.25, 0.3) is 0 Å². The number of halogens is 6. The summed E-state index contributed by atoms with van der Waals surface area (Å²) in [5, 5.41) is 5.88. The highest BCUT2D eigenvalue weighted by molar-refractivity contribution is 5.89. The van der Waals surface area contributed by atoms with Crippen molar-refractivity contribution < 1.29 is 31.1 Å². The normalized spacial score (nSPS) is 14.2. The molecular formula is C35H34F6N4O. The van der Waals surface area contributed by atoms with Crippen molar-refractivity contribution in [1.29, 1.82) is 0 Å². The first-order valence-electron chi connectivity index (χ1n) is 15.1. The molecule has 46 heavy (non-hydrogen) atoms. The summed E-state index contributed by atoms with van der Waals surface area (Å²) in [7, 11) is 0. The molecule has 0 atom stereocenters. The molecule has 242 valence electrons. The minimum Gasteiger partial charge on any atom is -0.316 e. The van der Waals surface area contributed by atoms with Crippen molar-refractivity contribution in [2.24, 2.45) is 0 Å². The minimum atomic E-state index is -5.04. The number of nitrogens with one attached hydrogen (secondary N) is 2. The van der Waals surface area contributed by atoms with Gasteiger partial charge in [-0.05, 0) is 64.9 Å². The van der Waals surface area contributed by atoms with Crippen LogP contribution in [0.2, 0.25) is 0 Å². The molecule has 1 aliphatic carbocycles. The lowest BCUT2D eigenvalue weighted by atomic mass is 9.95. The van der Waals surface area contributed by atoms with Crippen LogP contribution in [-0.4, -0.2) is 22.0 Å². The summed E-state index contributed by atoms with van der Waals surface area (Å²) < 4.78 is 80.3. The van der Waals surface area contributed by atoms with E-state index in [4.69, 9.17) is 0 Å². The molecule has 0 bridgehead atoms. The van der Waals surface area contributed by atoms with Crippen LogP contribution in [0, 0.1) is 0 Å². The molecule has 0 saturated heterocycles. The fourth-order valence-electron chi connectivity index (χ4n) is 5.55. The summed E-state index contributed by atoms with van der Waals surface area (Å²) in [4.78, 5) is 18.7. The Morgan fingerprint density at radius 1 is 0.739 bits per heavy atom. The summed E-state index contributed by atoms with van der Waals surface area (Å²) in [5.74, 6) is 0. The number of amides is 2. The van der Waals surface area contributed by atoms with Crippen molar-refractivity contribution >= 4 is 11.7 Å². The molecule has 1 fully saturated rings. The number of urea groups is 1. The summed E-state index contributed by atoms with van der Waals surface area (Å²) in [5.41, 5.74) is 0.886. The molecule has 5 rings (SSSR count). The zero-order chi connectivity index (χ0) is 32.7. The molecular weight excluding hydrogens is 606 g/mol. The molecule has 0 radical (unpaired) electrons. The molecule has 1 heterocycles. The summed E-state index contributed by atoms with van der Waals surface area (Å²) >= 11 is 0. The lowest BCUT2D eigenvalue weighted by molar-refractivity contribution is -0.143. The Morgan fingerprint density at radius 2 is 1.30 bits per heavy atom. The smallest absolute Gasteiger partial charge is 0.316 e. The molecule has 4 aromatic rings. The first-order chi connectivity index (χ1) is 21.9. The number of carbonyl (C=O) groups excluding carboxylic acids is 1. The largest absolute Gasteiger partial charge is 0.416 e. The molecule has 5 nitrogen and oxygen atoms in total. The number of anilines is 1. The number of rotatable bonds is 9. The van der Waals surface area contributed by atoms with Crippen molar-refractivity contribution in [3.8, 4) is 11.1 Å². The Balaban J connectivity index is 1.30. The van der Waals surface area contributed by atoms with Crippen LogP contribution < -0.4 is 10.6 Å². The minimum absolute atomic E-state index is 0.0167. The van der Waals surface area contributed by atoms with Gasteiger partial charge in [-0.25, -0.2) is 4.79 Å². The number of hydrogen-bond donors (Lipinski definition) is 2. The van der Waals surface area contributed by atoms with Crippen LogP contribution in [-0.2, 0) is 32.0 Å². The van der Waals surface area contributed by atoms with E-state index in [0.29, 0.717) is 23.7 Å². The Hall–Kier alpha value is -4.38. The van der Waals surface area contributed by atoms with Gasteiger partial charge >= 0.3 is 18.4 Å². The van der Waals surface area contributed by atoms with Crippen LogP contribution in [0.5, 0.6) is 0 Å². The Bertz CT molecular complexity index is 1550. The number of pyridine rings is 1. The summed E-state index contributed by atoms with van der Waals surface area (Å²) in [6.45, 7) is 0.872. The van der Waals surface area contributed by atoms with E-state index in [1.165, 1.54) is 48.8 Å². The predicted octanol–water partition coefficient (Wildman–Crippen LogP) is 9.44. The molecule has 1 aromatic heterocycles. The Labute approximate surface area is 263 Å². The summed E-state index contributed by atoms with van der Waals surface area (Å²) in [6.07, 6.45) is -0.695. The Morgan fingerprint density at radius 3 is 1.85 bits per heavy atom. The van der Waals surface area contributed by atoms with Crippen LogP contribution in [0.1, 0.15) is 59.9 Å². The van der Waals surface area contributed by atoms with Gasteiger partial charge in [0.05, 0.1) is 11.1 Å². The highest BCUT2D eigenvalue weighted by Gasteiger charge is 2.37. The lowest BCUT2D eigenvalue weighted by Gasteiger charge is -2.24. The molecule has 3 aromatic carbocycles. The van der Waals surface area contributed by atoms with Crippen LogP contribution in [0.15, 0.2) is 91.3 Å². The molecule has 0 spiro atoms. The quantitative estimate of drug-likeness (QED) is 0.179. The third kappa shape index (κ3) is 9.09. The predicted molar refractivity (Wildman–Crippen MR) is 165 cm³/mol. The number of alkyl halides is 6. The van der Waals surface area contributed by atoms with Gasteiger partial charge in [-0.15, -0.1) is 0 Å². The average molecular weight is 641 g/mol. The van der Waals surface area contributed by atoms with Gasteiger partial charge in [-0.2, -0.15) is 26.3 Å². The maximum absolute atomic E-state index is 13.4. The van der Waals surface area contributed by atoms with E-state index >= 15 is 0 Å². The monoisotopic (exact) mass is 640 g/mol. The van der Waals surface area contributed by atoms with E-state index in [1.54, 1.807) is 18.3 Å². The van der Waals surface area contributed by atoms with Gasteiger partial charge in [-0.1, -0.05) is 73.9 Å². The molecule has 1 aliphatic rings. The van der Waals surface area contributed by atoms with Gasteiger partial charge in [0.2, 0.25) is 0 Å². The lowest BCUT2D eigenvalue weighted by Crippen LogP contribution is -2.34. The van der Waals surface area contributed by atoms with E-state index in [1.807, 2.05) is 24.3 Å². The van der Waals surface area contributed by atoms with Gasteiger partial charge < -0.3 is 15.5 Å². The molecule has 11 heteroatoms. The second-order valence-corrected chi connectivity index (χ2v) is 11.6. The van der Waals surface area contributed by atoms with Gasteiger partial charge in [-0.3, -0.25) is 4.98 Å². The molecule has 1 saturated carbocycles. The number of benzene rings is 3. The second kappa shape index (κ2) is 14.4. The third-order valence-electron chi connectivity index (χ3n) is 8.04. The maximum Gasteiger partial charge on any atom is 0.416 e. The second-order valence-electron chi connectivity index (χ2n) is 11.6. The highest BCUT2D eigenvalue weighted by Crippen LogP contribution is 2.37. The SMILES string of the molecule is O=C(Nc1cc(C(F)(F)F)cc(C(F)(F)F)c1)N(Cc1ccc(-c2ccc(CNC3CCCCC3)cc2)cc1)Cc1cccnc1. The number of nitrogens with zero attached hydrogens (tertiary/aromatic N) is 2. The van der Waals surface area contributed by atoms with E-state index < -0.39 is 35.2 Å². The van der Waals surface area contributed by atoms with Crippen LogP contribution >= 0.6 is 0 Å². The fraction of sp³-hybridized carbons (Fsp3) is 0.314. The van der Waals surface area contributed by atoms with Crippen molar-refractivity contribution in [3.05, 3.63) is 119 Å². The first kappa shape index (κ1) is 33.0. The van der Waals surface area contributed by atoms with Gasteiger partial charge in [0, 0.05) is 43.8 Å². The molecule has 2 amide bonds. The van der Waals surface area contributed by atoms with Gasteiger partial charge in [0.1, 0.15) is 0 Å². The van der Waals surface area contributed by atoms with Gasteiger partial charge in [0.15, 0.2) is 0 Å². The standard InChI is InChI=1S/C35H34F6N4O/c36-34(37,38)29-17-30(35(39,40)41)19-32(18-29)44-33(46)45(23-26-5-4-16-42-20-26)22-25-10-14-28(15-11-25)27-12-8-24(9-13-27)21-43-31-6-2-1-3-7-31/h4-5,8-20,31,43H,1-3,6-7,21-23H2,(H,44,46). The molecule has 0 aliphatic heterocycles. The van der Waals surface area contributed by atoms with Crippen molar-refractivity contribution in [1.82, 2.24) is 15.2 Å². The number of carbonyl (C=O) groups is 1. The fourth-order valence-corrected chi connectivity index (χ4v) is 5.55. The third-order valence-corrected chi connectivity index (χ3v) is 8.04. The molecule has 0 unspecified atom stereocenters. The van der Waals surface area contributed by atoms with E-state index in [-0.39, 0.29) is 19.2 Å². The maximum atomic E-state index is 13.4. The van der Waals surface area contributed by atoms with Crippen LogP contribution in [0.3, 0.4) is 0 Å². The van der Waals surface area contributed by atoms with Crippen molar-refractivity contribution in [3.63, 3.8) is 0 Å². The summed E-state index contributed by atoms with van der Waals surface area (Å²) in [6, 6.07) is 19.9.